The molecule has 8 nitrogen and oxygen atoms in total. The molecule has 0 saturated carbocycles. The fraction of sp³-hybridized carbons (Fsp3) is 0.333. The van der Waals surface area contributed by atoms with Gasteiger partial charge in [-0.25, -0.2) is 0 Å². The summed E-state index contributed by atoms with van der Waals surface area (Å²) in [4.78, 5) is 27.6. The number of aliphatic hydroxyl groups is 1. The molecule has 3 aromatic carbocycles. The van der Waals surface area contributed by atoms with Crippen LogP contribution in [0.25, 0.3) is 32.8 Å². The first-order valence-corrected chi connectivity index (χ1v) is 12.6. The van der Waals surface area contributed by atoms with Gasteiger partial charge in [-0.15, -0.1) is 0 Å². The van der Waals surface area contributed by atoms with Gasteiger partial charge in [-0.05, 0) is 79.6 Å². The van der Waals surface area contributed by atoms with Crippen LogP contribution in [-0.4, -0.2) is 38.3 Å². The monoisotopic (exact) mass is 518 g/mol. The molecule has 0 amide bonds. The van der Waals surface area contributed by atoms with Crippen LogP contribution in [0.5, 0.6) is 5.75 Å². The van der Waals surface area contributed by atoms with Crippen molar-refractivity contribution in [1.29, 1.82) is 0 Å². The predicted molar refractivity (Wildman–Crippen MR) is 150 cm³/mol. The smallest absolute Gasteiger partial charge is 0.307 e. The molecule has 4 aromatic rings. The van der Waals surface area contributed by atoms with Gasteiger partial charge in [0.25, 0.3) is 5.69 Å². The van der Waals surface area contributed by atoms with Crippen LogP contribution in [0.4, 0.5) is 5.69 Å². The Morgan fingerprint density at radius 3 is 2.45 bits per heavy atom. The number of pyridine rings is 1. The lowest BCUT2D eigenvalue weighted by Gasteiger charge is -2.21. The number of nitro benzene ring substituents is 1. The van der Waals surface area contributed by atoms with E-state index in [0.717, 1.165) is 28.7 Å². The maximum Gasteiger partial charge on any atom is 0.307 e. The highest BCUT2D eigenvalue weighted by molar-refractivity contribution is 6.10. The van der Waals surface area contributed by atoms with Gasteiger partial charge in [0.2, 0.25) is 0 Å². The van der Waals surface area contributed by atoms with Gasteiger partial charge in [0.15, 0.2) is 0 Å². The average molecular weight is 519 g/mol. The topological polar surface area (TPSA) is 123 Å². The van der Waals surface area contributed by atoms with Crippen molar-refractivity contribution in [3.8, 4) is 16.9 Å². The second-order valence-corrected chi connectivity index (χ2v) is 9.82. The quantitative estimate of drug-likeness (QED) is 0.229. The number of hydrogen-bond acceptors (Lipinski definition) is 6. The van der Waals surface area contributed by atoms with Crippen LogP contribution >= 0.6 is 0 Å². The second kappa shape index (κ2) is 11.6. The summed E-state index contributed by atoms with van der Waals surface area (Å²) in [5, 5.41) is 31.8. The SMILES string of the molecule is CC.CC(C)(C)O.Cc1cc2c([N+](=O)[O-])cccc2c(-c2ccc3c4c(ccnc24)CCO3)c1CC(=O)O. The molecule has 0 radical (unpaired) electrons. The minimum atomic E-state index is -0.965. The van der Waals surface area contributed by atoms with E-state index in [1.807, 2.05) is 32.0 Å². The zero-order chi connectivity index (χ0) is 28.2. The van der Waals surface area contributed by atoms with E-state index in [0.29, 0.717) is 39.6 Å². The van der Waals surface area contributed by atoms with Crippen molar-refractivity contribution in [3.05, 3.63) is 75.5 Å². The molecule has 0 saturated heterocycles. The van der Waals surface area contributed by atoms with Gasteiger partial charge in [0.05, 0.1) is 34.5 Å². The van der Waals surface area contributed by atoms with Gasteiger partial charge < -0.3 is 14.9 Å². The minimum Gasteiger partial charge on any atom is -0.493 e. The van der Waals surface area contributed by atoms with Crippen molar-refractivity contribution in [3.63, 3.8) is 0 Å². The number of hydrogen-bond donors (Lipinski definition) is 2. The average Bonchev–Trinajstić information content (AvgIpc) is 2.85. The molecule has 0 bridgehead atoms. The normalized spacial score (nSPS) is 12.1. The van der Waals surface area contributed by atoms with Crippen molar-refractivity contribution < 1.29 is 24.7 Å². The lowest BCUT2D eigenvalue weighted by Crippen LogP contribution is -2.10. The molecule has 38 heavy (non-hydrogen) atoms. The maximum absolute atomic E-state index is 11.7. The molecular formula is C30H34N2O6. The van der Waals surface area contributed by atoms with Gasteiger partial charge in [-0.2, -0.15) is 0 Å². The molecular weight excluding hydrogens is 484 g/mol. The van der Waals surface area contributed by atoms with Gasteiger partial charge in [0.1, 0.15) is 5.75 Å². The van der Waals surface area contributed by atoms with E-state index in [1.54, 1.807) is 52.1 Å². The van der Waals surface area contributed by atoms with Crippen molar-refractivity contribution >= 4 is 33.3 Å². The third-order valence-corrected chi connectivity index (χ3v) is 5.85. The molecule has 0 atom stereocenters. The van der Waals surface area contributed by atoms with Crippen LogP contribution < -0.4 is 4.74 Å². The summed E-state index contributed by atoms with van der Waals surface area (Å²) < 4.78 is 5.82. The Morgan fingerprint density at radius 1 is 1.13 bits per heavy atom. The first-order chi connectivity index (χ1) is 18.0. The Labute approximate surface area is 222 Å². The summed E-state index contributed by atoms with van der Waals surface area (Å²) in [6, 6.07) is 12.3. The number of carbonyl (C=O) groups is 1. The minimum absolute atomic E-state index is 0.0113. The van der Waals surface area contributed by atoms with Crippen molar-refractivity contribution in [1.82, 2.24) is 4.98 Å². The molecule has 2 heterocycles. The lowest BCUT2D eigenvalue weighted by atomic mass is 9.86. The van der Waals surface area contributed by atoms with Crippen LogP contribution in [0.1, 0.15) is 51.3 Å². The number of rotatable bonds is 4. The number of ether oxygens (including phenoxy) is 1. The van der Waals surface area contributed by atoms with Crippen LogP contribution in [0.3, 0.4) is 0 Å². The molecule has 5 rings (SSSR count). The largest absolute Gasteiger partial charge is 0.493 e. The van der Waals surface area contributed by atoms with Crippen molar-refractivity contribution in [2.24, 2.45) is 0 Å². The number of nitro groups is 1. The highest BCUT2D eigenvalue weighted by Crippen LogP contribution is 2.43. The summed E-state index contributed by atoms with van der Waals surface area (Å²) in [7, 11) is 0. The van der Waals surface area contributed by atoms with E-state index >= 15 is 0 Å². The van der Waals surface area contributed by atoms with E-state index in [1.165, 1.54) is 6.07 Å². The van der Waals surface area contributed by atoms with Crippen LogP contribution in [0.15, 0.2) is 48.7 Å². The Kier molecular flexibility index (Phi) is 8.68. The molecule has 8 heteroatoms. The summed E-state index contributed by atoms with van der Waals surface area (Å²) in [5.41, 5.74) is 4.05. The van der Waals surface area contributed by atoms with E-state index in [4.69, 9.17) is 9.84 Å². The first kappa shape index (κ1) is 28.5. The molecule has 1 aliphatic rings. The second-order valence-electron chi connectivity index (χ2n) is 9.82. The van der Waals surface area contributed by atoms with Crippen LogP contribution in [-0.2, 0) is 17.6 Å². The summed E-state index contributed by atoms with van der Waals surface area (Å²) in [6.45, 7) is 11.6. The number of aromatic nitrogens is 1. The molecule has 0 aliphatic carbocycles. The van der Waals surface area contributed by atoms with Gasteiger partial charge in [0, 0.05) is 29.6 Å². The summed E-state index contributed by atoms with van der Waals surface area (Å²) >= 11 is 0. The van der Waals surface area contributed by atoms with Crippen LogP contribution in [0, 0.1) is 17.0 Å². The first-order valence-electron chi connectivity index (χ1n) is 12.6. The number of carboxylic acid groups (broad SMARTS) is 1. The number of fused-ring (bicyclic) bond motifs is 1. The van der Waals surface area contributed by atoms with Crippen molar-refractivity contribution in [2.75, 3.05) is 6.61 Å². The Bertz CT molecular complexity index is 1490. The third kappa shape index (κ3) is 6.08. The zero-order valence-corrected chi connectivity index (χ0v) is 22.7. The fourth-order valence-corrected chi connectivity index (χ4v) is 4.54. The Hall–Kier alpha value is -4.04. The highest BCUT2D eigenvalue weighted by atomic mass is 16.6. The number of benzene rings is 3. The Balaban J connectivity index is 0.000000515. The predicted octanol–water partition coefficient (Wildman–Crippen LogP) is 6.64. The molecule has 0 unspecified atom stereocenters. The highest BCUT2D eigenvalue weighted by Gasteiger charge is 2.24. The molecule has 0 spiro atoms. The molecule has 1 aliphatic heterocycles. The number of non-ortho nitro benzene ring substituents is 1. The fourth-order valence-electron chi connectivity index (χ4n) is 4.54. The van der Waals surface area contributed by atoms with Gasteiger partial charge in [-0.3, -0.25) is 19.9 Å². The lowest BCUT2D eigenvalue weighted by molar-refractivity contribution is -0.383. The third-order valence-electron chi connectivity index (χ3n) is 5.85. The van der Waals surface area contributed by atoms with Crippen molar-refractivity contribution in [2.45, 2.75) is 60.0 Å². The molecule has 2 N–H and O–H groups in total. The number of aliphatic carboxylic acids is 1. The van der Waals surface area contributed by atoms with E-state index in [2.05, 4.69) is 4.98 Å². The molecule has 0 fully saturated rings. The standard InChI is InChI=1S/C24H18N2O5.C4H10O.C2H6/c1-13-11-18-15(3-2-4-19(18)26(29)30)23(17(13)12-21(27)28)16-5-6-20-22-14(8-10-31-20)7-9-25-24(16)22;1-4(2,3)5;1-2/h2-7,9,11H,8,10,12H2,1H3,(H,27,28);5H,1-3H3;1-2H3. The van der Waals surface area contributed by atoms with Gasteiger partial charge in [-0.1, -0.05) is 26.0 Å². The van der Waals surface area contributed by atoms with Gasteiger partial charge >= 0.3 is 5.97 Å². The molecule has 200 valence electrons. The number of carboxylic acids is 1. The maximum atomic E-state index is 11.7. The number of nitrogens with zero attached hydrogens (tertiary/aromatic N) is 2. The van der Waals surface area contributed by atoms with E-state index in [9.17, 15) is 20.0 Å². The van der Waals surface area contributed by atoms with Crippen LogP contribution in [0.2, 0.25) is 0 Å². The molecule has 1 aromatic heterocycles. The number of aryl methyl sites for hydroxylation is 1. The van der Waals surface area contributed by atoms with E-state index in [-0.39, 0.29) is 12.1 Å². The summed E-state index contributed by atoms with van der Waals surface area (Å²) in [5.74, 6) is -0.219. The van der Waals surface area contributed by atoms with E-state index < -0.39 is 16.5 Å². The zero-order valence-electron chi connectivity index (χ0n) is 22.7. The summed E-state index contributed by atoms with van der Waals surface area (Å²) in [6.07, 6.45) is 2.31. The Morgan fingerprint density at radius 2 is 1.82 bits per heavy atom.